The first-order valence-electron chi connectivity index (χ1n) is 8.23. The standard InChI is InChI=1S/C19H22N2O3S/c1-23-15-6-8-17(9-7-15)24-16-4-2-13(3-5-16)18-19(22)21-14(12-20)10-11-25-18/h2-9,14,18H,10-12,20H2,1H3,(H,21,22)/t14-,18+/m0/s1. The zero-order valence-electron chi connectivity index (χ0n) is 14.1. The van der Waals surface area contributed by atoms with Gasteiger partial charge in [0.2, 0.25) is 5.91 Å². The van der Waals surface area contributed by atoms with Crippen molar-refractivity contribution < 1.29 is 14.3 Å². The first-order valence-corrected chi connectivity index (χ1v) is 9.28. The molecule has 1 heterocycles. The normalized spacial score (nSPS) is 20.5. The second kappa shape index (κ2) is 8.27. The summed E-state index contributed by atoms with van der Waals surface area (Å²) in [6, 6.07) is 15.1. The van der Waals surface area contributed by atoms with Gasteiger partial charge in [-0.3, -0.25) is 4.79 Å². The van der Waals surface area contributed by atoms with Gasteiger partial charge in [-0.15, -0.1) is 11.8 Å². The molecule has 3 N–H and O–H groups in total. The van der Waals surface area contributed by atoms with Crippen LogP contribution in [0.5, 0.6) is 17.2 Å². The summed E-state index contributed by atoms with van der Waals surface area (Å²) in [6.07, 6.45) is 0.905. The summed E-state index contributed by atoms with van der Waals surface area (Å²) in [5.41, 5.74) is 6.66. The van der Waals surface area contributed by atoms with Crippen LogP contribution in [0, 0.1) is 0 Å². The van der Waals surface area contributed by atoms with Crippen LogP contribution < -0.4 is 20.5 Å². The number of hydrogen-bond donors (Lipinski definition) is 2. The summed E-state index contributed by atoms with van der Waals surface area (Å²) >= 11 is 1.66. The van der Waals surface area contributed by atoms with Gasteiger partial charge in [0.25, 0.3) is 0 Å². The van der Waals surface area contributed by atoms with E-state index in [1.165, 1.54) is 0 Å². The molecule has 2 atom stereocenters. The number of methoxy groups -OCH3 is 1. The van der Waals surface area contributed by atoms with Gasteiger partial charge in [0.1, 0.15) is 22.5 Å². The molecule has 1 amide bonds. The summed E-state index contributed by atoms with van der Waals surface area (Å²) in [7, 11) is 1.63. The van der Waals surface area contributed by atoms with Crippen LogP contribution in [-0.2, 0) is 4.79 Å². The number of nitrogens with two attached hydrogens (primary N) is 1. The molecule has 1 aliphatic heterocycles. The maximum atomic E-state index is 12.4. The third kappa shape index (κ3) is 4.46. The van der Waals surface area contributed by atoms with Crippen molar-refractivity contribution in [3.05, 3.63) is 54.1 Å². The van der Waals surface area contributed by atoms with Gasteiger partial charge in [-0.2, -0.15) is 0 Å². The van der Waals surface area contributed by atoms with Crippen molar-refractivity contribution in [2.75, 3.05) is 19.4 Å². The fraction of sp³-hybridized carbons (Fsp3) is 0.316. The number of thioether (sulfide) groups is 1. The van der Waals surface area contributed by atoms with E-state index in [0.717, 1.165) is 35.0 Å². The fourth-order valence-electron chi connectivity index (χ4n) is 2.67. The minimum Gasteiger partial charge on any atom is -0.497 e. The zero-order chi connectivity index (χ0) is 17.6. The van der Waals surface area contributed by atoms with Gasteiger partial charge >= 0.3 is 0 Å². The number of carbonyl (C=O) groups excluding carboxylic acids is 1. The van der Waals surface area contributed by atoms with E-state index in [4.69, 9.17) is 15.2 Å². The van der Waals surface area contributed by atoms with Crippen LogP contribution in [0.25, 0.3) is 0 Å². The van der Waals surface area contributed by atoms with Gasteiger partial charge in [-0.05, 0) is 54.1 Å². The van der Waals surface area contributed by atoms with E-state index in [1.807, 2.05) is 48.5 Å². The molecule has 0 radical (unpaired) electrons. The van der Waals surface area contributed by atoms with Crippen molar-refractivity contribution in [2.24, 2.45) is 5.73 Å². The Bertz CT molecular complexity index is 704. The molecule has 1 fully saturated rings. The fourth-order valence-corrected chi connectivity index (χ4v) is 3.89. The second-order valence-electron chi connectivity index (χ2n) is 5.83. The zero-order valence-corrected chi connectivity index (χ0v) is 14.9. The quantitative estimate of drug-likeness (QED) is 0.859. The highest BCUT2D eigenvalue weighted by Gasteiger charge is 2.26. The smallest absolute Gasteiger partial charge is 0.237 e. The highest BCUT2D eigenvalue weighted by Crippen LogP contribution is 2.33. The number of amides is 1. The van der Waals surface area contributed by atoms with Crippen LogP contribution in [0.4, 0.5) is 0 Å². The highest BCUT2D eigenvalue weighted by molar-refractivity contribution is 8.00. The van der Waals surface area contributed by atoms with Crippen LogP contribution >= 0.6 is 11.8 Å². The van der Waals surface area contributed by atoms with Gasteiger partial charge in [-0.25, -0.2) is 0 Å². The first-order chi connectivity index (χ1) is 12.2. The van der Waals surface area contributed by atoms with Gasteiger partial charge in [-0.1, -0.05) is 12.1 Å². The highest BCUT2D eigenvalue weighted by atomic mass is 32.2. The van der Waals surface area contributed by atoms with Crippen molar-refractivity contribution in [3.63, 3.8) is 0 Å². The summed E-state index contributed by atoms with van der Waals surface area (Å²) in [5.74, 6) is 3.19. The van der Waals surface area contributed by atoms with E-state index in [9.17, 15) is 4.79 Å². The van der Waals surface area contributed by atoms with Crippen LogP contribution in [-0.4, -0.2) is 31.4 Å². The number of nitrogens with one attached hydrogen (secondary N) is 1. The molecule has 0 aromatic heterocycles. The second-order valence-corrected chi connectivity index (χ2v) is 7.04. The lowest BCUT2D eigenvalue weighted by atomic mass is 10.1. The molecule has 5 nitrogen and oxygen atoms in total. The molecular formula is C19H22N2O3S. The van der Waals surface area contributed by atoms with Crippen LogP contribution in [0.3, 0.4) is 0 Å². The van der Waals surface area contributed by atoms with Crippen LogP contribution in [0.15, 0.2) is 48.5 Å². The third-order valence-electron chi connectivity index (χ3n) is 4.10. The van der Waals surface area contributed by atoms with Gasteiger partial charge < -0.3 is 20.5 Å². The number of rotatable bonds is 5. The van der Waals surface area contributed by atoms with Crippen molar-refractivity contribution in [3.8, 4) is 17.2 Å². The maximum absolute atomic E-state index is 12.4. The Morgan fingerprint density at radius 1 is 1.08 bits per heavy atom. The minimum absolute atomic E-state index is 0.0294. The number of hydrogen-bond acceptors (Lipinski definition) is 5. The molecule has 6 heteroatoms. The Labute approximate surface area is 151 Å². The summed E-state index contributed by atoms with van der Waals surface area (Å²) in [4.78, 5) is 12.4. The van der Waals surface area contributed by atoms with Crippen LogP contribution in [0.2, 0.25) is 0 Å². The topological polar surface area (TPSA) is 73.6 Å². The monoisotopic (exact) mass is 358 g/mol. The summed E-state index contributed by atoms with van der Waals surface area (Å²) in [5, 5.41) is 2.81. The van der Waals surface area contributed by atoms with E-state index in [-0.39, 0.29) is 17.2 Å². The minimum atomic E-state index is -0.202. The molecule has 0 saturated carbocycles. The molecule has 1 saturated heterocycles. The predicted molar refractivity (Wildman–Crippen MR) is 100 cm³/mol. The lowest BCUT2D eigenvalue weighted by molar-refractivity contribution is -0.121. The number of ether oxygens (including phenoxy) is 2. The summed E-state index contributed by atoms with van der Waals surface area (Å²) in [6.45, 7) is 0.480. The SMILES string of the molecule is COc1ccc(Oc2ccc([C@H]3SCC[C@@H](CN)NC3=O)cc2)cc1. The van der Waals surface area contributed by atoms with Gasteiger partial charge in [0.15, 0.2) is 0 Å². The molecule has 0 unspecified atom stereocenters. The van der Waals surface area contributed by atoms with E-state index in [0.29, 0.717) is 6.54 Å². The summed E-state index contributed by atoms with van der Waals surface area (Å²) < 4.78 is 11.0. The molecule has 2 aromatic rings. The van der Waals surface area contributed by atoms with Crippen molar-refractivity contribution in [1.82, 2.24) is 5.32 Å². The van der Waals surface area contributed by atoms with Crippen molar-refractivity contribution >= 4 is 17.7 Å². The molecule has 3 rings (SSSR count). The van der Waals surface area contributed by atoms with Crippen molar-refractivity contribution in [1.29, 1.82) is 0 Å². The Balaban J connectivity index is 1.67. The Kier molecular flexibility index (Phi) is 5.83. The molecular weight excluding hydrogens is 336 g/mol. The molecule has 25 heavy (non-hydrogen) atoms. The average Bonchev–Trinajstić information content (AvgIpc) is 2.84. The van der Waals surface area contributed by atoms with E-state index < -0.39 is 0 Å². The average molecular weight is 358 g/mol. The molecule has 1 aliphatic rings. The van der Waals surface area contributed by atoms with Crippen molar-refractivity contribution in [2.45, 2.75) is 17.7 Å². The maximum Gasteiger partial charge on any atom is 0.237 e. The number of benzene rings is 2. The molecule has 132 valence electrons. The Morgan fingerprint density at radius 3 is 2.28 bits per heavy atom. The Morgan fingerprint density at radius 2 is 1.68 bits per heavy atom. The molecule has 0 aliphatic carbocycles. The lowest BCUT2D eigenvalue weighted by Crippen LogP contribution is -2.40. The Hall–Kier alpha value is -2.18. The van der Waals surface area contributed by atoms with E-state index >= 15 is 0 Å². The third-order valence-corrected chi connectivity index (χ3v) is 5.39. The first kappa shape index (κ1) is 17.6. The van der Waals surface area contributed by atoms with E-state index in [1.54, 1.807) is 18.9 Å². The lowest BCUT2D eigenvalue weighted by Gasteiger charge is -2.16. The van der Waals surface area contributed by atoms with Gasteiger partial charge in [0.05, 0.1) is 7.11 Å². The molecule has 0 bridgehead atoms. The van der Waals surface area contributed by atoms with E-state index in [2.05, 4.69) is 5.32 Å². The van der Waals surface area contributed by atoms with Crippen LogP contribution in [0.1, 0.15) is 17.2 Å². The largest absolute Gasteiger partial charge is 0.497 e. The predicted octanol–water partition coefficient (Wildman–Crippen LogP) is 3.11. The number of carbonyl (C=O) groups is 1. The molecule has 2 aromatic carbocycles. The van der Waals surface area contributed by atoms with Gasteiger partial charge in [0, 0.05) is 12.6 Å². The molecule has 0 spiro atoms.